The standard InChI is InChI=1S/C29H30N4OS/c1-22-13-15-23(16-14-22)21-26-30-29(35-31-26)33-18-8-17-32(19-20-33)28(34)27(24-9-4-2-5-10-24)25-11-6-3-7-12-25/h2-7,9-16,27H,8,17-21H2,1H3. The van der Waals surface area contributed by atoms with Gasteiger partial charge >= 0.3 is 0 Å². The van der Waals surface area contributed by atoms with Crippen molar-refractivity contribution in [1.29, 1.82) is 0 Å². The predicted octanol–water partition coefficient (Wildman–Crippen LogP) is 5.31. The van der Waals surface area contributed by atoms with Gasteiger partial charge in [0.2, 0.25) is 11.0 Å². The molecule has 0 aliphatic carbocycles. The number of benzene rings is 3. The third-order valence-corrected chi connectivity index (χ3v) is 7.35. The molecule has 0 unspecified atom stereocenters. The van der Waals surface area contributed by atoms with Gasteiger partial charge in [0, 0.05) is 44.1 Å². The summed E-state index contributed by atoms with van der Waals surface area (Å²) in [6.07, 6.45) is 1.65. The Bertz CT molecular complexity index is 1200. The van der Waals surface area contributed by atoms with E-state index in [4.69, 9.17) is 4.98 Å². The highest BCUT2D eigenvalue weighted by Gasteiger charge is 2.29. The summed E-state index contributed by atoms with van der Waals surface area (Å²) >= 11 is 1.46. The lowest BCUT2D eigenvalue weighted by atomic mass is 9.90. The van der Waals surface area contributed by atoms with E-state index in [1.807, 2.05) is 41.3 Å². The van der Waals surface area contributed by atoms with Gasteiger partial charge < -0.3 is 9.80 Å². The van der Waals surface area contributed by atoms with Gasteiger partial charge in [0.1, 0.15) is 5.82 Å². The van der Waals surface area contributed by atoms with Gasteiger partial charge in [-0.2, -0.15) is 4.37 Å². The largest absolute Gasteiger partial charge is 0.345 e. The average molecular weight is 483 g/mol. The summed E-state index contributed by atoms with van der Waals surface area (Å²) in [5, 5.41) is 0.948. The third kappa shape index (κ3) is 5.60. The molecular formula is C29H30N4OS. The number of amides is 1. The fourth-order valence-corrected chi connectivity index (χ4v) is 5.35. The molecule has 1 amide bonds. The Kier molecular flexibility index (Phi) is 7.19. The first kappa shape index (κ1) is 23.2. The van der Waals surface area contributed by atoms with E-state index in [-0.39, 0.29) is 11.8 Å². The normalized spacial score (nSPS) is 14.2. The summed E-state index contributed by atoms with van der Waals surface area (Å²) in [4.78, 5) is 22.9. The third-order valence-electron chi connectivity index (χ3n) is 6.53. The van der Waals surface area contributed by atoms with Crippen LogP contribution in [0.1, 0.15) is 40.4 Å². The topological polar surface area (TPSA) is 49.3 Å². The molecule has 2 heterocycles. The molecule has 0 radical (unpaired) electrons. The molecule has 0 saturated carbocycles. The first-order chi connectivity index (χ1) is 17.2. The molecule has 1 saturated heterocycles. The zero-order chi connectivity index (χ0) is 24.0. The number of rotatable bonds is 6. The maximum Gasteiger partial charge on any atom is 0.234 e. The summed E-state index contributed by atoms with van der Waals surface area (Å²) in [7, 11) is 0. The highest BCUT2D eigenvalue weighted by molar-refractivity contribution is 7.09. The molecule has 5 nitrogen and oxygen atoms in total. The van der Waals surface area contributed by atoms with Crippen LogP contribution in [0.15, 0.2) is 84.9 Å². The van der Waals surface area contributed by atoms with E-state index in [1.165, 1.54) is 22.7 Å². The molecule has 6 heteroatoms. The predicted molar refractivity (Wildman–Crippen MR) is 142 cm³/mol. The quantitative estimate of drug-likeness (QED) is 0.374. The van der Waals surface area contributed by atoms with Crippen LogP contribution in [0, 0.1) is 6.92 Å². The molecule has 0 spiro atoms. The Balaban J connectivity index is 1.28. The molecule has 35 heavy (non-hydrogen) atoms. The second-order valence-corrected chi connectivity index (χ2v) is 9.81. The first-order valence-electron chi connectivity index (χ1n) is 12.2. The molecule has 0 N–H and O–H groups in total. The molecule has 178 valence electrons. The van der Waals surface area contributed by atoms with Crippen molar-refractivity contribution in [2.75, 3.05) is 31.1 Å². The number of nitrogens with zero attached hydrogens (tertiary/aromatic N) is 4. The molecule has 4 aromatic rings. The van der Waals surface area contributed by atoms with Crippen molar-refractivity contribution in [3.63, 3.8) is 0 Å². The van der Waals surface area contributed by atoms with E-state index in [0.717, 1.165) is 54.6 Å². The van der Waals surface area contributed by atoms with Crippen molar-refractivity contribution >= 4 is 22.6 Å². The Hall–Kier alpha value is -3.51. The van der Waals surface area contributed by atoms with Gasteiger partial charge in [-0.3, -0.25) is 4.79 Å². The van der Waals surface area contributed by atoms with Gasteiger partial charge in [-0.05, 0) is 30.0 Å². The molecule has 1 aliphatic heterocycles. The second kappa shape index (κ2) is 10.8. The molecular weight excluding hydrogens is 452 g/mol. The van der Waals surface area contributed by atoms with Crippen molar-refractivity contribution in [2.24, 2.45) is 0 Å². The summed E-state index contributed by atoms with van der Waals surface area (Å²) in [5.74, 6) is 0.743. The minimum absolute atomic E-state index is 0.168. The highest BCUT2D eigenvalue weighted by atomic mass is 32.1. The minimum Gasteiger partial charge on any atom is -0.345 e. The van der Waals surface area contributed by atoms with E-state index in [2.05, 4.69) is 64.7 Å². The van der Waals surface area contributed by atoms with Crippen molar-refractivity contribution < 1.29 is 4.79 Å². The van der Waals surface area contributed by atoms with Crippen LogP contribution in [0.2, 0.25) is 0 Å². The van der Waals surface area contributed by atoms with E-state index < -0.39 is 0 Å². The summed E-state index contributed by atoms with van der Waals surface area (Å²) < 4.78 is 4.61. The van der Waals surface area contributed by atoms with Crippen LogP contribution in [0.5, 0.6) is 0 Å². The lowest BCUT2D eigenvalue weighted by Gasteiger charge is -2.27. The Labute approximate surface area is 211 Å². The summed E-state index contributed by atoms with van der Waals surface area (Å²) in [5.41, 5.74) is 4.55. The number of hydrogen-bond acceptors (Lipinski definition) is 5. The second-order valence-electron chi connectivity index (χ2n) is 9.08. The monoisotopic (exact) mass is 482 g/mol. The SMILES string of the molecule is Cc1ccc(Cc2nsc(N3CCCN(C(=O)C(c4ccccc4)c4ccccc4)CC3)n2)cc1. The van der Waals surface area contributed by atoms with E-state index in [0.29, 0.717) is 6.54 Å². The maximum absolute atomic E-state index is 13.8. The Morgan fingerprint density at radius 3 is 2.17 bits per heavy atom. The molecule has 1 fully saturated rings. The molecule has 1 aromatic heterocycles. The fraction of sp³-hybridized carbons (Fsp3) is 0.276. The van der Waals surface area contributed by atoms with Crippen molar-refractivity contribution in [1.82, 2.24) is 14.3 Å². The van der Waals surface area contributed by atoms with E-state index >= 15 is 0 Å². The van der Waals surface area contributed by atoms with Crippen LogP contribution in [0.25, 0.3) is 0 Å². The van der Waals surface area contributed by atoms with Gasteiger partial charge in [0.25, 0.3) is 0 Å². The average Bonchev–Trinajstić information content (AvgIpc) is 3.21. The molecule has 1 aliphatic rings. The van der Waals surface area contributed by atoms with Gasteiger partial charge in [0.05, 0.1) is 5.92 Å². The molecule has 3 aromatic carbocycles. The number of carbonyl (C=O) groups is 1. The van der Waals surface area contributed by atoms with Crippen molar-refractivity contribution in [3.05, 3.63) is 113 Å². The van der Waals surface area contributed by atoms with Crippen LogP contribution >= 0.6 is 11.5 Å². The zero-order valence-electron chi connectivity index (χ0n) is 20.0. The Morgan fingerprint density at radius 1 is 0.857 bits per heavy atom. The lowest BCUT2D eigenvalue weighted by Crippen LogP contribution is -2.38. The summed E-state index contributed by atoms with van der Waals surface area (Å²) in [6.45, 7) is 5.17. The molecule has 5 rings (SSSR count). The van der Waals surface area contributed by atoms with Crippen molar-refractivity contribution in [3.8, 4) is 0 Å². The maximum atomic E-state index is 13.8. The van der Waals surface area contributed by atoms with Crippen LogP contribution in [0.4, 0.5) is 5.13 Å². The Morgan fingerprint density at radius 2 is 1.51 bits per heavy atom. The fourth-order valence-electron chi connectivity index (χ4n) is 4.61. The number of aromatic nitrogens is 2. The van der Waals surface area contributed by atoms with Crippen LogP contribution in [0.3, 0.4) is 0 Å². The van der Waals surface area contributed by atoms with Gasteiger partial charge in [-0.25, -0.2) is 4.98 Å². The van der Waals surface area contributed by atoms with E-state index in [9.17, 15) is 4.79 Å². The number of hydrogen-bond donors (Lipinski definition) is 0. The number of carbonyl (C=O) groups excluding carboxylic acids is 1. The number of anilines is 1. The van der Waals surface area contributed by atoms with Gasteiger partial charge in [0.15, 0.2) is 0 Å². The molecule has 0 bridgehead atoms. The number of aryl methyl sites for hydroxylation is 1. The lowest BCUT2D eigenvalue weighted by molar-refractivity contribution is -0.131. The molecule has 0 atom stereocenters. The van der Waals surface area contributed by atoms with Crippen LogP contribution in [-0.4, -0.2) is 46.3 Å². The smallest absolute Gasteiger partial charge is 0.234 e. The summed E-state index contributed by atoms with van der Waals surface area (Å²) in [6, 6.07) is 28.8. The first-order valence-corrected chi connectivity index (χ1v) is 13.0. The van der Waals surface area contributed by atoms with Crippen LogP contribution in [-0.2, 0) is 11.2 Å². The minimum atomic E-state index is -0.286. The highest BCUT2D eigenvalue weighted by Crippen LogP contribution is 2.28. The van der Waals surface area contributed by atoms with Gasteiger partial charge in [-0.15, -0.1) is 0 Å². The van der Waals surface area contributed by atoms with Gasteiger partial charge in [-0.1, -0.05) is 90.5 Å². The van der Waals surface area contributed by atoms with Crippen molar-refractivity contribution in [2.45, 2.75) is 25.7 Å². The van der Waals surface area contributed by atoms with Crippen LogP contribution < -0.4 is 4.90 Å². The van der Waals surface area contributed by atoms with E-state index in [1.54, 1.807) is 0 Å². The zero-order valence-corrected chi connectivity index (χ0v) is 20.8.